The van der Waals surface area contributed by atoms with Crippen LogP contribution in [-0.2, 0) is 16.0 Å². The Morgan fingerprint density at radius 1 is 1.18 bits per heavy atom. The zero-order valence-electron chi connectivity index (χ0n) is 9.67. The Labute approximate surface area is 99.9 Å². The molecule has 0 heterocycles. The van der Waals surface area contributed by atoms with E-state index >= 15 is 0 Å². The Morgan fingerprint density at radius 2 is 1.65 bits per heavy atom. The van der Waals surface area contributed by atoms with Crippen molar-refractivity contribution in [1.82, 2.24) is 0 Å². The summed E-state index contributed by atoms with van der Waals surface area (Å²) in [7, 11) is 0. The van der Waals surface area contributed by atoms with Crippen LogP contribution in [0, 0.1) is 0 Å². The van der Waals surface area contributed by atoms with E-state index in [4.69, 9.17) is 15.9 Å². The van der Waals surface area contributed by atoms with Crippen LogP contribution < -0.4 is 5.73 Å². The average Bonchev–Trinajstić information content (AvgIpc) is 2.16. The maximum atomic E-state index is 9.43. The van der Waals surface area contributed by atoms with Crippen molar-refractivity contribution in [2.24, 2.45) is 5.73 Å². The lowest BCUT2D eigenvalue weighted by Gasteiger charge is -2.02. The fourth-order valence-electron chi connectivity index (χ4n) is 1.12. The van der Waals surface area contributed by atoms with Crippen molar-refractivity contribution in [2.75, 3.05) is 0 Å². The molecule has 0 saturated heterocycles. The Balaban J connectivity index is 0.000000325. The summed E-state index contributed by atoms with van der Waals surface area (Å²) in [5.41, 5.74) is 6.94. The molecular formula is C12H17NO4. The van der Waals surface area contributed by atoms with Gasteiger partial charge in [0.05, 0.1) is 0 Å². The molecule has 1 aromatic carbocycles. The van der Waals surface area contributed by atoms with Crippen molar-refractivity contribution < 1.29 is 19.8 Å². The summed E-state index contributed by atoms with van der Waals surface area (Å²) in [5, 5.41) is 15.4. The number of nitrogens with two attached hydrogens (primary N) is 1. The van der Waals surface area contributed by atoms with E-state index < -0.39 is 18.4 Å². The lowest BCUT2D eigenvalue weighted by molar-refractivity contribution is -0.147. The first-order valence-corrected chi connectivity index (χ1v) is 5.15. The summed E-state index contributed by atoms with van der Waals surface area (Å²) in [6, 6.07) is 10.6. The number of benzene rings is 1. The summed E-state index contributed by atoms with van der Waals surface area (Å²) in [4.78, 5) is 18.9. The van der Waals surface area contributed by atoms with E-state index in [0.717, 1.165) is 6.42 Å². The highest BCUT2D eigenvalue weighted by molar-refractivity contribution is 5.88. The second-order valence-corrected chi connectivity index (χ2v) is 3.63. The van der Waals surface area contributed by atoms with Gasteiger partial charge >= 0.3 is 11.9 Å². The smallest absolute Gasteiger partial charge is 0.314 e. The van der Waals surface area contributed by atoms with Crippen molar-refractivity contribution in [2.45, 2.75) is 25.8 Å². The van der Waals surface area contributed by atoms with Crippen molar-refractivity contribution in [3.05, 3.63) is 35.9 Å². The van der Waals surface area contributed by atoms with Gasteiger partial charge in [-0.25, -0.2) is 0 Å². The van der Waals surface area contributed by atoms with Crippen LogP contribution in [-0.4, -0.2) is 28.2 Å². The van der Waals surface area contributed by atoms with Gasteiger partial charge in [0.2, 0.25) is 0 Å². The fraction of sp³-hybridized carbons (Fsp3) is 0.333. The van der Waals surface area contributed by atoms with Crippen LogP contribution in [0.1, 0.15) is 18.9 Å². The van der Waals surface area contributed by atoms with Gasteiger partial charge in [-0.3, -0.25) is 9.59 Å². The van der Waals surface area contributed by atoms with Crippen molar-refractivity contribution in [3.63, 3.8) is 0 Å². The second kappa shape index (κ2) is 8.29. The molecule has 5 nitrogen and oxygen atoms in total. The molecule has 94 valence electrons. The third-order valence-corrected chi connectivity index (χ3v) is 1.70. The van der Waals surface area contributed by atoms with E-state index in [1.807, 2.05) is 25.1 Å². The van der Waals surface area contributed by atoms with E-state index in [1.54, 1.807) is 0 Å². The monoisotopic (exact) mass is 239 g/mol. The Bertz CT molecular complexity index is 337. The van der Waals surface area contributed by atoms with Crippen LogP contribution in [0.3, 0.4) is 0 Å². The normalized spacial score (nSPS) is 10.9. The van der Waals surface area contributed by atoms with Gasteiger partial charge in [-0.2, -0.15) is 0 Å². The Kier molecular flexibility index (Phi) is 7.38. The molecule has 0 aliphatic rings. The maximum Gasteiger partial charge on any atom is 0.314 e. The van der Waals surface area contributed by atoms with Gasteiger partial charge in [0, 0.05) is 6.04 Å². The maximum absolute atomic E-state index is 9.43. The predicted octanol–water partition coefficient (Wildman–Crippen LogP) is 1.12. The molecule has 1 rings (SSSR count). The minimum absolute atomic E-state index is 0.266. The molecular weight excluding hydrogens is 222 g/mol. The van der Waals surface area contributed by atoms with E-state index in [1.165, 1.54) is 5.56 Å². The number of hydrogen-bond donors (Lipinski definition) is 3. The van der Waals surface area contributed by atoms with Crippen molar-refractivity contribution in [3.8, 4) is 0 Å². The lowest BCUT2D eigenvalue weighted by atomic mass is 10.1. The van der Waals surface area contributed by atoms with Gasteiger partial charge in [-0.1, -0.05) is 30.3 Å². The Hall–Kier alpha value is -1.88. The molecule has 0 saturated carbocycles. The quantitative estimate of drug-likeness (QED) is 0.683. The minimum atomic E-state index is -1.31. The predicted molar refractivity (Wildman–Crippen MR) is 63.7 cm³/mol. The summed E-state index contributed by atoms with van der Waals surface area (Å²) >= 11 is 0. The van der Waals surface area contributed by atoms with Gasteiger partial charge in [-0.05, 0) is 18.9 Å². The molecule has 0 fully saturated rings. The summed E-state index contributed by atoms with van der Waals surface area (Å²) < 4.78 is 0. The first kappa shape index (κ1) is 15.1. The number of carboxylic acid groups (broad SMARTS) is 2. The van der Waals surface area contributed by atoms with E-state index in [2.05, 4.69) is 12.1 Å². The van der Waals surface area contributed by atoms with Crippen molar-refractivity contribution >= 4 is 11.9 Å². The number of carbonyl (C=O) groups is 2. The summed E-state index contributed by atoms with van der Waals surface area (Å²) in [6.07, 6.45) is 0.167. The van der Waals surface area contributed by atoms with Crippen LogP contribution >= 0.6 is 0 Å². The van der Waals surface area contributed by atoms with Crippen LogP contribution in [0.5, 0.6) is 0 Å². The first-order chi connectivity index (χ1) is 7.91. The number of rotatable bonds is 4. The average molecular weight is 239 g/mol. The molecule has 0 radical (unpaired) electrons. The van der Waals surface area contributed by atoms with Crippen LogP contribution in [0.2, 0.25) is 0 Å². The zero-order chi connectivity index (χ0) is 13.3. The molecule has 0 bridgehead atoms. The number of carboxylic acids is 2. The standard InChI is InChI=1S/C9H13N.C3H4O4/c1-8(10)7-9-5-3-2-4-6-9;4-2(5)1-3(6)7/h2-6,8H,7,10H2,1H3;1H2,(H,4,5)(H,6,7). The number of hydrogen-bond acceptors (Lipinski definition) is 3. The van der Waals surface area contributed by atoms with Gasteiger partial charge in [0.25, 0.3) is 0 Å². The molecule has 0 aliphatic heterocycles. The minimum Gasteiger partial charge on any atom is -0.481 e. The molecule has 5 heteroatoms. The Morgan fingerprint density at radius 3 is 1.94 bits per heavy atom. The number of aliphatic carboxylic acids is 2. The van der Waals surface area contributed by atoms with E-state index in [9.17, 15) is 9.59 Å². The van der Waals surface area contributed by atoms with E-state index in [0.29, 0.717) is 0 Å². The highest BCUT2D eigenvalue weighted by Crippen LogP contribution is 2.00. The third kappa shape index (κ3) is 10.4. The van der Waals surface area contributed by atoms with Gasteiger partial charge in [0.1, 0.15) is 6.42 Å². The first-order valence-electron chi connectivity index (χ1n) is 5.15. The molecule has 4 N–H and O–H groups in total. The SMILES string of the molecule is CC(N)Cc1ccccc1.O=C(O)CC(=O)O. The molecule has 0 spiro atoms. The van der Waals surface area contributed by atoms with Crippen LogP contribution in [0.4, 0.5) is 0 Å². The molecule has 0 amide bonds. The third-order valence-electron chi connectivity index (χ3n) is 1.70. The lowest BCUT2D eigenvalue weighted by Crippen LogP contribution is -2.17. The van der Waals surface area contributed by atoms with Gasteiger partial charge in [0.15, 0.2) is 0 Å². The second-order valence-electron chi connectivity index (χ2n) is 3.63. The largest absolute Gasteiger partial charge is 0.481 e. The topological polar surface area (TPSA) is 101 Å². The molecule has 0 aliphatic carbocycles. The zero-order valence-corrected chi connectivity index (χ0v) is 9.67. The molecule has 1 atom stereocenters. The van der Waals surface area contributed by atoms with Crippen molar-refractivity contribution in [1.29, 1.82) is 0 Å². The fourth-order valence-corrected chi connectivity index (χ4v) is 1.12. The molecule has 1 aromatic rings. The van der Waals surface area contributed by atoms with Gasteiger partial charge in [-0.15, -0.1) is 0 Å². The highest BCUT2D eigenvalue weighted by atomic mass is 16.4. The van der Waals surface area contributed by atoms with Crippen LogP contribution in [0.15, 0.2) is 30.3 Å². The van der Waals surface area contributed by atoms with Gasteiger partial charge < -0.3 is 15.9 Å². The molecule has 17 heavy (non-hydrogen) atoms. The summed E-state index contributed by atoms with van der Waals surface area (Å²) in [5.74, 6) is -2.62. The van der Waals surface area contributed by atoms with E-state index in [-0.39, 0.29) is 6.04 Å². The summed E-state index contributed by atoms with van der Waals surface area (Å²) in [6.45, 7) is 2.02. The van der Waals surface area contributed by atoms with Crippen LogP contribution in [0.25, 0.3) is 0 Å². The molecule has 0 aromatic heterocycles. The molecule has 1 unspecified atom stereocenters. The highest BCUT2D eigenvalue weighted by Gasteiger charge is 2.01.